The molecule has 0 saturated heterocycles. The first-order valence-corrected chi connectivity index (χ1v) is 4.64. The second-order valence-electron chi connectivity index (χ2n) is 3.27. The number of rotatable bonds is 2. The largest absolute Gasteiger partial charge is 0.288 e. The summed E-state index contributed by atoms with van der Waals surface area (Å²) in [6.45, 7) is 1.91. The first kappa shape index (κ1) is 9.52. The summed E-state index contributed by atoms with van der Waals surface area (Å²) in [7, 11) is 0. The fourth-order valence-electron chi connectivity index (χ4n) is 1.40. The summed E-state index contributed by atoms with van der Waals surface area (Å²) < 4.78 is 0. The monoisotopic (exact) mass is 198 g/mol. The zero-order valence-electron chi connectivity index (χ0n) is 8.34. The van der Waals surface area contributed by atoms with E-state index in [1.165, 1.54) is 18.7 Å². The number of nitrogens with zero attached hydrogens (tertiary/aromatic N) is 2. The number of carbonyl (C=O) groups is 1. The van der Waals surface area contributed by atoms with E-state index in [1.54, 1.807) is 0 Å². The van der Waals surface area contributed by atoms with E-state index in [1.807, 2.05) is 31.2 Å². The zero-order chi connectivity index (χ0) is 10.7. The first-order valence-electron chi connectivity index (χ1n) is 4.64. The maximum absolute atomic E-state index is 12.0. The van der Waals surface area contributed by atoms with Gasteiger partial charge in [0.1, 0.15) is 6.33 Å². The highest BCUT2D eigenvalue weighted by molar-refractivity contribution is 6.09. The summed E-state index contributed by atoms with van der Waals surface area (Å²) in [6.07, 6.45) is 4.47. The van der Waals surface area contributed by atoms with Gasteiger partial charge in [0.05, 0.1) is 5.56 Å². The molecule has 2 rings (SSSR count). The molecule has 0 saturated carbocycles. The molecule has 0 aliphatic heterocycles. The van der Waals surface area contributed by atoms with E-state index >= 15 is 0 Å². The summed E-state index contributed by atoms with van der Waals surface area (Å²) in [4.78, 5) is 19.6. The molecule has 0 radical (unpaired) electrons. The fourth-order valence-corrected chi connectivity index (χ4v) is 1.40. The normalized spacial score (nSPS) is 9.93. The van der Waals surface area contributed by atoms with Gasteiger partial charge in [0.15, 0.2) is 5.78 Å². The summed E-state index contributed by atoms with van der Waals surface area (Å²) in [5.41, 5.74) is 2.19. The van der Waals surface area contributed by atoms with Crippen LogP contribution >= 0.6 is 0 Å². The van der Waals surface area contributed by atoms with Crippen LogP contribution in [0.4, 0.5) is 0 Å². The zero-order valence-corrected chi connectivity index (χ0v) is 8.34. The Bertz CT molecular complexity index is 480. The average Bonchev–Trinajstić information content (AvgIpc) is 2.30. The third-order valence-corrected chi connectivity index (χ3v) is 2.21. The average molecular weight is 198 g/mol. The molecular weight excluding hydrogens is 188 g/mol. The van der Waals surface area contributed by atoms with Crippen molar-refractivity contribution in [3.63, 3.8) is 0 Å². The van der Waals surface area contributed by atoms with Crippen molar-refractivity contribution < 1.29 is 4.79 Å². The third kappa shape index (κ3) is 1.91. The molecule has 0 spiro atoms. The number of aromatic nitrogens is 2. The molecule has 3 nitrogen and oxygen atoms in total. The van der Waals surface area contributed by atoms with Crippen LogP contribution < -0.4 is 0 Å². The maximum Gasteiger partial charge on any atom is 0.196 e. The molecule has 2 aromatic rings. The number of benzene rings is 1. The number of hydrogen-bond acceptors (Lipinski definition) is 3. The number of hydrogen-bond donors (Lipinski definition) is 0. The molecule has 3 heteroatoms. The lowest BCUT2D eigenvalue weighted by Gasteiger charge is -2.03. The molecule has 1 aromatic carbocycles. The van der Waals surface area contributed by atoms with Gasteiger partial charge in [-0.1, -0.05) is 24.3 Å². The molecule has 0 N–H and O–H groups in total. The highest BCUT2D eigenvalue weighted by Crippen LogP contribution is 2.12. The van der Waals surface area contributed by atoms with Crippen LogP contribution in [0.2, 0.25) is 0 Å². The van der Waals surface area contributed by atoms with Gasteiger partial charge in [-0.2, -0.15) is 0 Å². The van der Waals surface area contributed by atoms with Gasteiger partial charge in [0.2, 0.25) is 0 Å². The standard InChI is InChI=1S/C12H10N2O/c1-9-4-2-3-5-11(9)12(15)10-6-13-8-14-7-10/h2-8H,1H3. The lowest BCUT2D eigenvalue weighted by molar-refractivity contribution is 0.103. The van der Waals surface area contributed by atoms with Gasteiger partial charge in [-0.15, -0.1) is 0 Å². The Hall–Kier alpha value is -2.03. The van der Waals surface area contributed by atoms with Crippen LogP contribution in [-0.2, 0) is 0 Å². The first-order chi connectivity index (χ1) is 7.29. The van der Waals surface area contributed by atoms with Gasteiger partial charge in [0.25, 0.3) is 0 Å². The van der Waals surface area contributed by atoms with Crippen LogP contribution in [0.3, 0.4) is 0 Å². The van der Waals surface area contributed by atoms with E-state index in [4.69, 9.17) is 0 Å². The Morgan fingerprint density at radius 3 is 2.47 bits per heavy atom. The second kappa shape index (κ2) is 4.00. The molecule has 0 amide bonds. The Balaban J connectivity index is 2.42. The lowest BCUT2D eigenvalue weighted by atomic mass is 10.0. The van der Waals surface area contributed by atoms with Gasteiger partial charge < -0.3 is 0 Å². The Morgan fingerprint density at radius 1 is 1.13 bits per heavy atom. The Morgan fingerprint density at radius 2 is 1.80 bits per heavy atom. The molecule has 1 aromatic heterocycles. The van der Waals surface area contributed by atoms with Crippen LogP contribution in [0, 0.1) is 6.92 Å². The summed E-state index contributed by atoms with van der Waals surface area (Å²) in [6, 6.07) is 7.49. The van der Waals surface area contributed by atoms with Crippen LogP contribution in [-0.4, -0.2) is 15.8 Å². The summed E-state index contributed by atoms with van der Waals surface area (Å²) in [5, 5.41) is 0. The van der Waals surface area contributed by atoms with E-state index in [0.717, 1.165) is 5.56 Å². The minimum atomic E-state index is -0.0336. The molecule has 15 heavy (non-hydrogen) atoms. The fraction of sp³-hybridized carbons (Fsp3) is 0.0833. The number of aryl methyl sites for hydroxylation is 1. The molecule has 0 atom stereocenters. The van der Waals surface area contributed by atoms with E-state index in [2.05, 4.69) is 9.97 Å². The second-order valence-corrected chi connectivity index (χ2v) is 3.27. The van der Waals surface area contributed by atoms with Gasteiger partial charge in [0, 0.05) is 18.0 Å². The summed E-state index contributed by atoms with van der Waals surface area (Å²) >= 11 is 0. The summed E-state index contributed by atoms with van der Waals surface area (Å²) in [5.74, 6) is -0.0336. The maximum atomic E-state index is 12.0. The molecular formula is C12H10N2O. The highest BCUT2D eigenvalue weighted by Gasteiger charge is 2.10. The van der Waals surface area contributed by atoms with Crippen molar-refractivity contribution in [3.05, 3.63) is 59.7 Å². The minimum Gasteiger partial charge on any atom is -0.288 e. The van der Waals surface area contributed by atoms with Crippen LogP contribution in [0.15, 0.2) is 43.0 Å². The Labute approximate surface area is 87.8 Å². The van der Waals surface area contributed by atoms with Crippen LogP contribution in [0.25, 0.3) is 0 Å². The molecule has 0 unspecified atom stereocenters. The number of carbonyl (C=O) groups excluding carboxylic acids is 1. The minimum absolute atomic E-state index is 0.0336. The van der Waals surface area contributed by atoms with E-state index in [-0.39, 0.29) is 5.78 Å². The third-order valence-electron chi connectivity index (χ3n) is 2.21. The number of ketones is 1. The predicted molar refractivity (Wildman–Crippen MR) is 56.6 cm³/mol. The van der Waals surface area contributed by atoms with E-state index in [0.29, 0.717) is 11.1 Å². The van der Waals surface area contributed by atoms with Crippen molar-refractivity contribution in [3.8, 4) is 0 Å². The van der Waals surface area contributed by atoms with Gasteiger partial charge in [-0.05, 0) is 12.5 Å². The van der Waals surface area contributed by atoms with E-state index in [9.17, 15) is 4.79 Å². The van der Waals surface area contributed by atoms with Crippen molar-refractivity contribution in [1.29, 1.82) is 0 Å². The SMILES string of the molecule is Cc1ccccc1C(=O)c1cncnc1. The lowest BCUT2D eigenvalue weighted by Crippen LogP contribution is -2.04. The topological polar surface area (TPSA) is 42.9 Å². The van der Waals surface area contributed by atoms with Crippen molar-refractivity contribution in [2.45, 2.75) is 6.92 Å². The van der Waals surface area contributed by atoms with Gasteiger partial charge >= 0.3 is 0 Å². The molecule has 74 valence electrons. The van der Waals surface area contributed by atoms with Crippen LogP contribution in [0.5, 0.6) is 0 Å². The molecule has 0 aliphatic rings. The smallest absolute Gasteiger partial charge is 0.196 e. The van der Waals surface area contributed by atoms with Crippen LogP contribution in [0.1, 0.15) is 21.5 Å². The van der Waals surface area contributed by atoms with Crippen molar-refractivity contribution >= 4 is 5.78 Å². The quantitative estimate of drug-likeness (QED) is 0.693. The molecule has 0 bridgehead atoms. The van der Waals surface area contributed by atoms with Crippen molar-refractivity contribution in [2.24, 2.45) is 0 Å². The molecule has 0 aliphatic carbocycles. The molecule has 0 fully saturated rings. The molecule has 1 heterocycles. The van der Waals surface area contributed by atoms with Gasteiger partial charge in [-0.3, -0.25) is 4.79 Å². The van der Waals surface area contributed by atoms with Crippen molar-refractivity contribution in [2.75, 3.05) is 0 Å². The van der Waals surface area contributed by atoms with Gasteiger partial charge in [-0.25, -0.2) is 9.97 Å². The van der Waals surface area contributed by atoms with E-state index < -0.39 is 0 Å². The Kier molecular flexibility index (Phi) is 2.54. The van der Waals surface area contributed by atoms with Crippen molar-refractivity contribution in [1.82, 2.24) is 9.97 Å². The highest BCUT2D eigenvalue weighted by atomic mass is 16.1. The predicted octanol–water partition coefficient (Wildman–Crippen LogP) is 2.02.